The molecule has 0 aromatic carbocycles. The van der Waals surface area contributed by atoms with Crippen LogP contribution in [0.3, 0.4) is 0 Å². The third kappa shape index (κ3) is 2.59. The average molecular weight is 274 g/mol. The lowest BCUT2D eigenvalue weighted by atomic mass is 10.1. The van der Waals surface area contributed by atoms with Crippen LogP contribution in [0.5, 0.6) is 0 Å². The molecule has 0 saturated heterocycles. The zero-order valence-electron chi connectivity index (χ0n) is 8.42. The Bertz CT molecular complexity index is 297. The van der Waals surface area contributed by atoms with Gasteiger partial charge in [0.2, 0.25) is 0 Å². The summed E-state index contributed by atoms with van der Waals surface area (Å²) < 4.78 is 1.21. The highest BCUT2D eigenvalue weighted by atomic mass is 79.9. The van der Waals surface area contributed by atoms with Crippen LogP contribution in [0.2, 0.25) is 0 Å². The fourth-order valence-electron chi connectivity index (χ4n) is 2.13. The molecule has 0 bridgehead atoms. The molecule has 78 valence electrons. The first-order chi connectivity index (χ1) is 6.75. The Balaban J connectivity index is 1.82. The molecule has 2 rings (SSSR count). The van der Waals surface area contributed by atoms with Gasteiger partial charge in [-0.25, -0.2) is 0 Å². The SMILES string of the molecule is C[C@H]1CCC[C@H]1NCc1cc(Br)cs1. The first-order valence-corrected chi connectivity index (χ1v) is 6.89. The number of nitrogens with one attached hydrogen (secondary N) is 1. The number of hydrogen-bond donors (Lipinski definition) is 1. The minimum absolute atomic E-state index is 0.746. The molecular formula is C11H16BrNS. The van der Waals surface area contributed by atoms with Crippen LogP contribution in [0.1, 0.15) is 31.1 Å². The van der Waals surface area contributed by atoms with Gasteiger partial charge in [-0.1, -0.05) is 13.3 Å². The van der Waals surface area contributed by atoms with E-state index in [1.54, 1.807) is 0 Å². The van der Waals surface area contributed by atoms with Crippen molar-refractivity contribution in [3.8, 4) is 0 Å². The first kappa shape index (κ1) is 10.7. The molecular weight excluding hydrogens is 258 g/mol. The topological polar surface area (TPSA) is 12.0 Å². The van der Waals surface area contributed by atoms with E-state index in [0.29, 0.717) is 0 Å². The Morgan fingerprint density at radius 3 is 3.00 bits per heavy atom. The van der Waals surface area contributed by atoms with Gasteiger partial charge >= 0.3 is 0 Å². The van der Waals surface area contributed by atoms with Crippen LogP contribution in [0.4, 0.5) is 0 Å². The molecule has 0 unspecified atom stereocenters. The molecule has 1 aliphatic carbocycles. The zero-order chi connectivity index (χ0) is 9.97. The van der Waals surface area contributed by atoms with Crippen molar-refractivity contribution in [2.45, 2.75) is 38.8 Å². The molecule has 3 heteroatoms. The second-order valence-corrected chi connectivity index (χ2v) is 6.04. The Hall–Kier alpha value is 0.140. The maximum absolute atomic E-state index is 3.65. The molecule has 1 N–H and O–H groups in total. The van der Waals surface area contributed by atoms with Gasteiger partial charge in [-0.05, 0) is 40.8 Å². The molecule has 1 nitrogen and oxygen atoms in total. The lowest BCUT2D eigenvalue weighted by Gasteiger charge is -2.16. The van der Waals surface area contributed by atoms with Gasteiger partial charge in [0.05, 0.1) is 0 Å². The van der Waals surface area contributed by atoms with Crippen LogP contribution in [0.25, 0.3) is 0 Å². The minimum Gasteiger partial charge on any atom is -0.309 e. The number of halogens is 1. The molecule has 1 saturated carbocycles. The molecule has 1 aromatic rings. The van der Waals surface area contributed by atoms with Crippen molar-refractivity contribution in [3.05, 3.63) is 20.8 Å². The molecule has 1 aromatic heterocycles. The Morgan fingerprint density at radius 2 is 2.43 bits per heavy atom. The van der Waals surface area contributed by atoms with E-state index in [0.717, 1.165) is 18.5 Å². The Labute approximate surface area is 98.0 Å². The van der Waals surface area contributed by atoms with Crippen LogP contribution in [-0.2, 0) is 6.54 Å². The van der Waals surface area contributed by atoms with E-state index in [1.807, 2.05) is 11.3 Å². The summed E-state index contributed by atoms with van der Waals surface area (Å²) in [6.07, 6.45) is 4.15. The third-order valence-corrected chi connectivity index (χ3v) is 4.72. The van der Waals surface area contributed by atoms with Gasteiger partial charge in [-0.15, -0.1) is 11.3 Å². The van der Waals surface area contributed by atoms with E-state index in [1.165, 1.54) is 28.6 Å². The smallest absolute Gasteiger partial charge is 0.0302 e. The standard InChI is InChI=1S/C11H16BrNS/c1-8-3-2-4-11(8)13-6-10-5-9(12)7-14-10/h5,7-8,11,13H,2-4,6H2,1H3/t8-,11+/m0/s1. The van der Waals surface area contributed by atoms with E-state index < -0.39 is 0 Å². The van der Waals surface area contributed by atoms with Gasteiger partial charge in [0.25, 0.3) is 0 Å². The van der Waals surface area contributed by atoms with Crippen molar-refractivity contribution in [1.82, 2.24) is 5.32 Å². The van der Waals surface area contributed by atoms with Crippen LogP contribution in [-0.4, -0.2) is 6.04 Å². The van der Waals surface area contributed by atoms with Crippen molar-refractivity contribution in [2.75, 3.05) is 0 Å². The monoisotopic (exact) mass is 273 g/mol. The molecule has 0 aliphatic heterocycles. The number of hydrogen-bond acceptors (Lipinski definition) is 2. The molecule has 0 radical (unpaired) electrons. The molecule has 1 heterocycles. The normalized spacial score (nSPS) is 27.0. The van der Waals surface area contributed by atoms with Gasteiger partial charge in [0, 0.05) is 27.3 Å². The molecule has 14 heavy (non-hydrogen) atoms. The van der Waals surface area contributed by atoms with Gasteiger partial charge in [0.15, 0.2) is 0 Å². The van der Waals surface area contributed by atoms with Crippen molar-refractivity contribution in [2.24, 2.45) is 5.92 Å². The largest absolute Gasteiger partial charge is 0.309 e. The summed E-state index contributed by atoms with van der Waals surface area (Å²) in [6.45, 7) is 3.39. The van der Waals surface area contributed by atoms with E-state index in [4.69, 9.17) is 0 Å². The van der Waals surface area contributed by atoms with Crippen LogP contribution in [0.15, 0.2) is 15.9 Å². The summed E-state index contributed by atoms with van der Waals surface area (Å²) in [5.74, 6) is 0.860. The molecule has 0 amide bonds. The fourth-order valence-corrected chi connectivity index (χ4v) is 3.53. The van der Waals surface area contributed by atoms with Gasteiger partial charge in [0.1, 0.15) is 0 Å². The molecule has 1 fully saturated rings. The van der Waals surface area contributed by atoms with Crippen molar-refractivity contribution >= 4 is 27.3 Å². The van der Waals surface area contributed by atoms with Gasteiger partial charge < -0.3 is 5.32 Å². The van der Waals surface area contributed by atoms with E-state index in [2.05, 4.69) is 39.6 Å². The number of rotatable bonds is 3. The summed E-state index contributed by atoms with van der Waals surface area (Å²) in [4.78, 5) is 1.43. The van der Waals surface area contributed by atoms with Crippen LogP contribution >= 0.6 is 27.3 Å². The summed E-state index contributed by atoms with van der Waals surface area (Å²) in [5.41, 5.74) is 0. The van der Waals surface area contributed by atoms with Crippen molar-refractivity contribution in [3.63, 3.8) is 0 Å². The van der Waals surface area contributed by atoms with Crippen molar-refractivity contribution in [1.29, 1.82) is 0 Å². The average Bonchev–Trinajstić information content (AvgIpc) is 2.72. The summed E-state index contributed by atoms with van der Waals surface area (Å²) >= 11 is 5.30. The van der Waals surface area contributed by atoms with Crippen molar-refractivity contribution < 1.29 is 0 Å². The quantitative estimate of drug-likeness (QED) is 0.884. The Morgan fingerprint density at radius 1 is 1.57 bits per heavy atom. The molecule has 0 spiro atoms. The van der Waals surface area contributed by atoms with Crippen LogP contribution < -0.4 is 5.32 Å². The molecule has 2 atom stereocenters. The maximum Gasteiger partial charge on any atom is 0.0302 e. The van der Waals surface area contributed by atoms with Gasteiger partial charge in [-0.3, -0.25) is 0 Å². The highest BCUT2D eigenvalue weighted by molar-refractivity contribution is 9.10. The Kier molecular flexibility index (Phi) is 3.63. The zero-order valence-corrected chi connectivity index (χ0v) is 10.8. The lowest BCUT2D eigenvalue weighted by Crippen LogP contribution is -2.30. The fraction of sp³-hybridized carbons (Fsp3) is 0.636. The third-order valence-electron chi connectivity index (χ3n) is 3.02. The first-order valence-electron chi connectivity index (χ1n) is 5.22. The predicted molar refractivity (Wildman–Crippen MR) is 65.7 cm³/mol. The predicted octanol–water partition coefficient (Wildman–Crippen LogP) is 3.79. The van der Waals surface area contributed by atoms with Gasteiger partial charge in [-0.2, -0.15) is 0 Å². The minimum atomic E-state index is 0.746. The summed E-state index contributed by atoms with van der Waals surface area (Å²) in [6, 6.07) is 2.95. The second kappa shape index (κ2) is 4.77. The highest BCUT2D eigenvalue weighted by Crippen LogP contribution is 2.26. The maximum atomic E-state index is 3.65. The summed E-state index contributed by atoms with van der Waals surface area (Å²) in [5, 5.41) is 5.80. The van der Waals surface area contributed by atoms with E-state index >= 15 is 0 Å². The van der Waals surface area contributed by atoms with E-state index in [-0.39, 0.29) is 0 Å². The van der Waals surface area contributed by atoms with Crippen LogP contribution in [0, 0.1) is 5.92 Å². The summed E-state index contributed by atoms with van der Waals surface area (Å²) in [7, 11) is 0. The number of thiophene rings is 1. The highest BCUT2D eigenvalue weighted by Gasteiger charge is 2.22. The second-order valence-electron chi connectivity index (χ2n) is 4.13. The lowest BCUT2D eigenvalue weighted by molar-refractivity contribution is 0.427. The molecule has 1 aliphatic rings. The van der Waals surface area contributed by atoms with E-state index in [9.17, 15) is 0 Å².